The zero-order chi connectivity index (χ0) is 17.7. The van der Waals surface area contributed by atoms with Crippen molar-refractivity contribution in [1.82, 2.24) is 9.88 Å². The number of likely N-dealkylation sites (N-methyl/N-ethyl adjacent to an activating group) is 1. The fraction of sp³-hybridized carbons (Fsp3) is 0.174. The van der Waals surface area contributed by atoms with Crippen molar-refractivity contribution >= 4 is 21.7 Å². The van der Waals surface area contributed by atoms with Crippen LogP contribution in [0.15, 0.2) is 60.7 Å². The summed E-state index contributed by atoms with van der Waals surface area (Å²) in [5.74, 6) is -0.212. The average Bonchev–Trinajstić information content (AvgIpc) is 2.67. The van der Waals surface area contributed by atoms with Gasteiger partial charge in [0.25, 0.3) is 0 Å². The molecular formula is C23H19FN2. The lowest BCUT2D eigenvalue weighted by Crippen LogP contribution is -2.27. The van der Waals surface area contributed by atoms with Crippen LogP contribution in [0.3, 0.4) is 0 Å². The summed E-state index contributed by atoms with van der Waals surface area (Å²) in [5.41, 5.74) is 4.81. The van der Waals surface area contributed by atoms with Gasteiger partial charge in [0.1, 0.15) is 5.82 Å². The lowest BCUT2D eigenvalue weighted by atomic mass is 9.89. The number of hydrogen-bond acceptors (Lipinski definition) is 2. The highest BCUT2D eigenvalue weighted by Gasteiger charge is 2.23. The molecule has 2 nitrogen and oxygen atoms in total. The van der Waals surface area contributed by atoms with Crippen LogP contribution in [0.25, 0.3) is 32.9 Å². The zero-order valence-electron chi connectivity index (χ0n) is 14.7. The van der Waals surface area contributed by atoms with E-state index in [-0.39, 0.29) is 5.82 Å². The number of hydrogen-bond donors (Lipinski definition) is 0. The van der Waals surface area contributed by atoms with Crippen LogP contribution in [-0.2, 0) is 13.0 Å². The molecule has 3 heteroatoms. The molecule has 0 amide bonds. The van der Waals surface area contributed by atoms with E-state index in [2.05, 4.69) is 48.3 Å². The van der Waals surface area contributed by atoms with Crippen molar-refractivity contribution in [3.8, 4) is 11.3 Å². The quantitative estimate of drug-likeness (QED) is 0.443. The van der Waals surface area contributed by atoms with E-state index >= 15 is 0 Å². The van der Waals surface area contributed by atoms with E-state index in [4.69, 9.17) is 4.98 Å². The fourth-order valence-corrected chi connectivity index (χ4v) is 4.13. The minimum atomic E-state index is -0.212. The smallest absolute Gasteiger partial charge is 0.132 e. The van der Waals surface area contributed by atoms with Gasteiger partial charge >= 0.3 is 0 Å². The van der Waals surface area contributed by atoms with Crippen LogP contribution < -0.4 is 0 Å². The van der Waals surface area contributed by atoms with Gasteiger partial charge in [0.15, 0.2) is 0 Å². The molecule has 0 saturated heterocycles. The molecule has 26 heavy (non-hydrogen) atoms. The van der Waals surface area contributed by atoms with Crippen LogP contribution in [0.2, 0.25) is 0 Å². The van der Waals surface area contributed by atoms with Gasteiger partial charge in [0, 0.05) is 24.0 Å². The Morgan fingerprint density at radius 1 is 0.923 bits per heavy atom. The maximum absolute atomic E-state index is 14.5. The minimum Gasteiger partial charge on any atom is -0.302 e. The summed E-state index contributed by atoms with van der Waals surface area (Å²) >= 11 is 0. The first-order valence-corrected chi connectivity index (χ1v) is 8.99. The molecule has 3 aromatic carbocycles. The van der Waals surface area contributed by atoms with Crippen molar-refractivity contribution in [2.45, 2.75) is 13.0 Å². The van der Waals surface area contributed by atoms with Crippen LogP contribution in [0.4, 0.5) is 4.39 Å². The standard InChI is InChI=1S/C23H19FN2/c1-26-13-12-17-19(14-26)23(18-8-4-5-9-20(18)24)25-21-11-10-15-6-2-3-7-16(15)22(17)21/h2-11H,12-14H2,1H3. The van der Waals surface area contributed by atoms with Crippen LogP contribution in [0.5, 0.6) is 0 Å². The summed E-state index contributed by atoms with van der Waals surface area (Å²) in [6, 6.07) is 19.6. The van der Waals surface area contributed by atoms with Gasteiger partial charge in [-0.1, -0.05) is 42.5 Å². The molecule has 0 radical (unpaired) electrons. The van der Waals surface area contributed by atoms with E-state index in [0.717, 1.165) is 36.3 Å². The molecular weight excluding hydrogens is 323 g/mol. The van der Waals surface area contributed by atoms with Crippen LogP contribution in [0, 0.1) is 5.82 Å². The molecule has 0 atom stereocenters. The lowest BCUT2D eigenvalue weighted by Gasteiger charge is -2.28. The van der Waals surface area contributed by atoms with Crippen molar-refractivity contribution < 1.29 is 4.39 Å². The Morgan fingerprint density at radius 2 is 1.73 bits per heavy atom. The van der Waals surface area contributed by atoms with E-state index < -0.39 is 0 Å². The van der Waals surface area contributed by atoms with Gasteiger partial charge in [-0.3, -0.25) is 0 Å². The first-order chi connectivity index (χ1) is 12.7. The molecule has 128 valence electrons. The Morgan fingerprint density at radius 3 is 2.62 bits per heavy atom. The van der Waals surface area contributed by atoms with Crippen LogP contribution in [-0.4, -0.2) is 23.5 Å². The second-order valence-electron chi connectivity index (χ2n) is 7.07. The topological polar surface area (TPSA) is 16.1 Å². The van der Waals surface area contributed by atoms with Crippen molar-refractivity contribution in [3.05, 3.63) is 77.6 Å². The van der Waals surface area contributed by atoms with E-state index in [1.807, 2.05) is 12.1 Å². The fourth-order valence-electron chi connectivity index (χ4n) is 4.13. The number of pyridine rings is 1. The molecule has 0 spiro atoms. The molecule has 2 heterocycles. The zero-order valence-corrected chi connectivity index (χ0v) is 14.7. The summed E-state index contributed by atoms with van der Waals surface area (Å²) in [6.07, 6.45) is 0.959. The van der Waals surface area contributed by atoms with Crippen molar-refractivity contribution in [1.29, 1.82) is 0 Å². The van der Waals surface area contributed by atoms with Gasteiger partial charge < -0.3 is 4.90 Å². The molecule has 0 aliphatic carbocycles. The van der Waals surface area contributed by atoms with Crippen molar-refractivity contribution in [2.24, 2.45) is 0 Å². The molecule has 0 unspecified atom stereocenters. The molecule has 1 aliphatic rings. The Kier molecular flexibility index (Phi) is 3.50. The van der Waals surface area contributed by atoms with Crippen molar-refractivity contribution in [3.63, 3.8) is 0 Å². The molecule has 1 aliphatic heterocycles. The van der Waals surface area contributed by atoms with E-state index in [0.29, 0.717) is 5.56 Å². The largest absolute Gasteiger partial charge is 0.302 e. The van der Waals surface area contributed by atoms with E-state index in [1.54, 1.807) is 6.07 Å². The normalized spacial score (nSPS) is 14.7. The third-order valence-electron chi connectivity index (χ3n) is 5.39. The number of rotatable bonds is 1. The molecule has 4 aromatic rings. The first kappa shape index (κ1) is 15.5. The van der Waals surface area contributed by atoms with Crippen LogP contribution in [0.1, 0.15) is 11.1 Å². The number of fused-ring (bicyclic) bond motifs is 5. The van der Waals surface area contributed by atoms with Crippen LogP contribution >= 0.6 is 0 Å². The summed E-state index contributed by atoms with van der Waals surface area (Å²) in [6.45, 7) is 1.80. The molecule has 0 N–H and O–H groups in total. The van der Waals surface area contributed by atoms with Gasteiger partial charge in [-0.15, -0.1) is 0 Å². The van der Waals surface area contributed by atoms with Gasteiger partial charge in [-0.2, -0.15) is 0 Å². The first-order valence-electron chi connectivity index (χ1n) is 8.99. The van der Waals surface area contributed by atoms with Gasteiger partial charge in [-0.05, 0) is 53.6 Å². The Balaban J connectivity index is 1.92. The highest BCUT2D eigenvalue weighted by Crippen LogP contribution is 2.37. The number of halogens is 1. The predicted molar refractivity (Wildman–Crippen MR) is 105 cm³/mol. The highest BCUT2D eigenvalue weighted by atomic mass is 19.1. The second-order valence-corrected chi connectivity index (χ2v) is 7.07. The molecule has 5 rings (SSSR count). The van der Waals surface area contributed by atoms with E-state index in [1.165, 1.54) is 27.8 Å². The molecule has 0 saturated carbocycles. The Hall–Kier alpha value is -2.78. The summed E-state index contributed by atoms with van der Waals surface area (Å²) < 4.78 is 14.5. The number of aromatic nitrogens is 1. The predicted octanol–water partition coefficient (Wildman–Crippen LogP) is 5.18. The summed E-state index contributed by atoms with van der Waals surface area (Å²) in [4.78, 5) is 7.22. The maximum Gasteiger partial charge on any atom is 0.132 e. The number of benzene rings is 3. The molecule has 0 bridgehead atoms. The molecule has 0 fully saturated rings. The Labute approximate surface area is 151 Å². The minimum absolute atomic E-state index is 0.212. The lowest BCUT2D eigenvalue weighted by molar-refractivity contribution is 0.314. The number of nitrogens with zero attached hydrogens (tertiary/aromatic N) is 2. The van der Waals surface area contributed by atoms with Crippen molar-refractivity contribution in [2.75, 3.05) is 13.6 Å². The Bertz CT molecular complexity index is 1150. The third-order valence-corrected chi connectivity index (χ3v) is 5.39. The van der Waals surface area contributed by atoms with E-state index in [9.17, 15) is 4.39 Å². The SMILES string of the molecule is CN1CCc2c(c(-c3ccccc3F)nc3ccc4ccccc4c23)C1. The third kappa shape index (κ3) is 2.31. The highest BCUT2D eigenvalue weighted by molar-refractivity contribution is 6.09. The molecule has 1 aromatic heterocycles. The maximum atomic E-state index is 14.5. The average molecular weight is 342 g/mol. The second kappa shape index (κ2) is 5.89. The van der Waals surface area contributed by atoms with Gasteiger partial charge in [0.05, 0.1) is 11.2 Å². The summed E-state index contributed by atoms with van der Waals surface area (Å²) in [5, 5.41) is 3.69. The van der Waals surface area contributed by atoms with Gasteiger partial charge in [-0.25, -0.2) is 9.37 Å². The van der Waals surface area contributed by atoms with Gasteiger partial charge in [0.2, 0.25) is 0 Å². The summed E-state index contributed by atoms with van der Waals surface area (Å²) in [7, 11) is 2.11. The monoisotopic (exact) mass is 342 g/mol.